The zero-order valence-corrected chi connectivity index (χ0v) is 38.8. The van der Waals surface area contributed by atoms with E-state index in [2.05, 4.69) is 25.3 Å². The smallest absolute Gasteiger partial charge is 0.329 e. The maximum absolute atomic E-state index is 16.0. The molecule has 6 aliphatic rings. The molecule has 0 aliphatic carbocycles. The van der Waals surface area contributed by atoms with Crippen molar-refractivity contribution >= 4 is 63.3 Å². The Morgan fingerprint density at radius 2 is 1.78 bits per heavy atom. The van der Waals surface area contributed by atoms with Crippen molar-refractivity contribution in [1.29, 1.82) is 0 Å². The van der Waals surface area contributed by atoms with Crippen LogP contribution in [0.25, 0.3) is 22.0 Å². The summed E-state index contributed by atoms with van der Waals surface area (Å²) in [6.07, 6.45) is 4.71. The van der Waals surface area contributed by atoms with E-state index in [1.165, 1.54) is 27.2 Å². The third kappa shape index (κ3) is 7.56. The van der Waals surface area contributed by atoms with Gasteiger partial charge in [0.1, 0.15) is 18.0 Å². The van der Waals surface area contributed by atoms with E-state index in [1.807, 2.05) is 62.2 Å². The van der Waals surface area contributed by atoms with Gasteiger partial charge in [-0.15, -0.1) is 11.3 Å². The number of imide groups is 1. The van der Waals surface area contributed by atoms with E-state index < -0.39 is 30.0 Å². The fourth-order valence-corrected chi connectivity index (χ4v) is 12.2. The number of piperidine rings is 1. The van der Waals surface area contributed by atoms with Gasteiger partial charge in [0, 0.05) is 110 Å². The van der Waals surface area contributed by atoms with Crippen LogP contribution in [-0.2, 0) is 47.4 Å². The third-order valence-corrected chi connectivity index (χ3v) is 15.9. The highest BCUT2D eigenvalue weighted by Gasteiger charge is 2.53. The summed E-state index contributed by atoms with van der Waals surface area (Å²) in [5.41, 5.74) is 6.01. The number of rotatable bonds is 11. The fourth-order valence-electron chi connectivity index (χ4n) is 11.5. The number of imidazole rings is 1. The Kier molecular flexibility index (Phi) is 10.5. The number of aromatic nitrogens is 5. The number of carbonyl (C=O) groups is 5. The first-order chi connectivity index (χ1) is 33.4. The Hall–Kier alpha value is -6.86. The van der Waals surface area contributed by atoms with E-state index in [0.29, 0.717) is 48.1 Å². The number of fused-ring (bicyclic) bond motifs is 3. The largest absolute Gasteiger partial charge is 0.370 e. The predicted molar refractivity (Wildman–Crippen MR) is 252 cm³/mol. The lowest BCUT2D eigenvalue weighted by molar-refractivity contribution is -0.147. The molecular formula is C50H49F2N11O5S. The van der Waals surface area contributed by atoms with Crippen LogP contribution in [-0.4, -0.2) is 127 Å². The van der Waals surface area contributed by atoms with Crippen LogP contribution in [0.2, 0.25) is 0 Å². The summed E-state index contributed by atoms with van der Waals surface area (Å²) in [5, 5.41) is 10.1. The summed E-state index contributed by atoms with van der Waals surface area (Å²) in [7, 11) is 1.78. The molecule has 16 nitrogen and oxygen atoms in total. The van der Waals surface area contributed by atoms with Crippen LogP contribution in [0.15, 0.2) is 72.5 Å². The highest BCUT2D eigenvalue weighted by molar-refractivity contribution is 7.09. The second-order valence-corrected chi connectivity index (χ2v) is 20.5. The molecule has 12 rings (SSSR count). The molecule has 4 fully saturated rings. The minimum absolute atomic E-state index is 0.00693. The van der Waals surface area contributed by atoms with Crippen molar-refractivity contribution in [2.75, 3.05) is 62.2 Å². The molecule has 0 saturated carbocycles. The summed E-state index contributed by atoms with van der Waals surface area (Å²) in [6.45, 7) is 4.82. The predicted octanol–water partition coefficient (Wildman–Crippen LogP) is 5.41. The Bertz CT molecular complexity index is 3090. The quantitative estimate of drug-likeness (QED) is 0.178. The van der Waals surface area contributed by atoms with Crippen molar-refractivity contribution in [1.82, 2.24) is 44.3 Å². The second-order valence-electron chi connectivity index (χ2n) is 19.5. The Labute approximate surface area is 399 Å². The molecule has 3 aromatic heterocycles. The SMILES string of the molecule is Cn1nc(N2CCC(=O)NC2=O)c2ccc(C3CCN(CC(=O)N4CC5(C4)CN(c4ccc(-c6cc(F)c7c(c6)C(=O)N(C(C(=O)Cc6nccs6)c6ncn8c6CCC8)C7)cc4)C5)CC3F)cc21. The number of aryl methyl sites for hydroxylation is 2. The molecule has 69 heavy (non-hydrogen) atoms. The van der Waals surface area contributed by atoms with Crippen LogP contribution < -0.4 is 15.1 Å². The van der Waals surface area contributed by atoms with Crippen LogP contribution in [0.5, 0.6) is 0 Å². The zero-order valence-electron chi connectivity index (χ0n) is 37.9. The van der Waals surface area contributed by atoms with Gasteiger partial charge in [0.2, 0.25) is 11.8 Å². The minimum atomic E-state index is -1.16. The van der Waals surface area contributed by atoms with Gasteiger partial charge < -0.3 is 19.3 Å². The third-order valence-electron chi connectivity index (χ3n) is 15.1. The summed E-state index contributed by atoms with van der Waals surface area (Å²) in [6, 6.07) is 15.3. The number of thiazole rings is 1. The maximum atomic E-state index is 16.0. The Balaban J connectivity index is 0.644. The number of ketones is 1. The van der Waals surface area contributed by atoms with Gasteiger partial charge in [-0.3, -0.25) is 39.0 Å². The van der Waals surface area contributed by atoms with Gasteiger partial charge in [0.25, 0.3) is 5.91 Å². The van der Waals surface area contributed by atoms with Gasteiger partial charge in [0.15, 0.2) is 11.6 Å². The molecule has 0 radical (unpaired) electrons. The van der Waals surface area contributed by atoms with E-state index in [4.69, 9.17) is 0 Å². The minimum Gasteiger partial charge on any atom is -0.370 e. The molecule has 6 aliphatic heterocycles. The summed E-state index contributed by atoms with van der Waals surface area (Å²) in [4.78, 5) is 83.7. The molecule has 4 saturated heterocycles. The van der Waals surface area contributed by atoms with Crippen LogP contribution in [0, 0.1) is 11.2 Å². The first-order valence-electron chi connectivity index (χ1n) is 23.5. The van der Waals surface area contributed by atoms with Gasteiger partial charge in [0.05, 0.1) is 42.1 Å². The first kappa shape index (κ1) is 43.4. The zero-order chi connectivity index (χ0) is 47.3. The van der Waals surface area contributed by atoms with Crippen molar-refractivity contribution in [3.63, 3.8) is 0 Å². The van der Waals surface area contributed by atoms with Gasteiger partial charge in [-0.05, 0) is 78.9 Å². The van der Waals surface area contributed by atoms with Crippen molar-refractivity contribution in [3.8, 4) is 11.1 Å². The Morgan fingerprint density at radius 3 is 2.55 bits per heavy atom. The summed E-state index contributed by atoms with van der Waals surface area (Å²) >= 11 is 1.38. The number of Topliss-reactive ketones (excluding diaryl/α,β-unsaturated/α-hetero) is 1. The van der Waals surface area contributed by atoms with Gasteiger partial charge >= 0.3 is 6.03 Å². The normalized spacial score (nSPS) is 21.4. The number of benzene rings is 3. The van der Waals surface area contributed by atoms with E-state index in [9.17, 15) is 24.0 Å². The molecule has 6 aromatic rings. The highest BCUT2D eigenvalue weighted by Crippen LogP contribution is 2.44. The number of anilines is 2. The molecule has 19 heteroatoms. The average molecular weight is 954 g/mol. The number of urea groups is 1. The number of hydrogen-bond acceptors (Lipinski definition) is 11. The number of nitrogens with zero attached hydrogens (tertiary/aromatic N) is 10. The standard InChI is InChI=1S/C50H49F2N11O5S/c1-57-40-19-30(6-9-34(40)47(56-57)62-15-11-42(65)55-49(62)68)33-10-14-58(22-38(33)52)23-44(66)61-26-50(27-61)24-60(25-50)32-7-4-29(5-8-32)31-17-35-36(37(51)18-31)21-63(48(35)67)46(41(64)20-43-53-12-16-69-43)45-39-3-2-13-59(39)28-54-45/h4-9,12,16-19,28,33,38,46H,2-3,10-11,13-15,20-27H2,1H3,(H,55,65,68). The second kappa shape index (κ2) is 16.7. The number of hydrogen-bond donors (Lipinski definition) is 1. The monoisotopic (exact) mass is 953 g/mol. The molecule has 3 unspecified atom stereocenters. The molecular weight excluding hydrogens is 905 g/mol. The molecule has 9 heterocycles. The van der Waals surface area contributed by atoms with Gasteiger partial charge in [-0.1, -0.05) is 18.2 Å². The fraction of sp³-hybridized carbons (Fsp3) is 0.400. The summed E-state index contributed by atoms with van der Waals surface area (Å²) < 4.78 is 35.6. The lowest BCUT2D eigenvalue weighted by atomic mass is 9.72. The lowest BCUT2D eigenvalue weighted by Crippen LogP contribution is -2.73. The number of likely N-dealkylation sites (tertiary alicyclic amines) is 2. The van der Waals surface area contributed by atoms with E-state index >= 15 is 8.78 Å². The molecule has 0 bridgehead atoms. The Morgan fingerprint density at radius 1 is 0.957 bits per heavy atom. The maximum Gasteiger partial charge on any atom is 0.329 e. The topological polar surface area (TPSA) is 162 Å². The number of amides is 5. The molecule has 1 spiro atoms. The molecule has 3 aromatic carbocycles. The number of carbonyl (C=O) groups excluding carboxylic acids is 5. The van der Waals surface area contributed by atoms with Crippen LogP contribution >= 0.6 is 11.3 Å². The molecule has 5 amide bonds. The number of halogens is 2. The van der Waals surface area contributed by atoms with Crippen molar-refractivity contribution < 1.29 is 32.8 Å². The summed E-state index contributed by atoms with van der Waals surface area (Å²) in [5.74, 6) is -1.27. The van der Waals surface area contributed by atoms with Crippen molar-refractivity contribution in [2.24, 2.45) is 12.5 Å². The van der Waals surface area contributed by atoms with E-state index in [0.717, 1.165) is 65.9 Å². The highest BCUT2D eigenvalue weighted by atomic mass is 32.1. The van der Waals surface area contributed by atoms with Crippen LogP contribution in [0.4, 0.5) is 25.1 Å². The lowest BCUT2D eigenvalue weighted by Gasteiger charge is -2.61. The average Bonchev–Trinajstić information content (AvgIpc) is 4.16. The van der Waals surface area contributed by atoms with E-state index in [-0.39, 0.29) is 79.1 Å². The molecule has 354 valence electrons. The van der Waals surface area contributed by atoms with E-state index in [1.54, 1.807) is 30.3 Å². The molecule has 3 atom stereocenters. The first-order valence-corrected chi connectivity index (χ1v) is 24.4. The van der Waals surface area contributed by atoms with Crippen LogP contribution in [0.3, 0.4) is 0 Å². The number of nitrogens with one attached hydrogen (secondary N) is 1. The number of alkyl halides is 1. The van der Waals surface area contributed by atoms with Crippen molar-refractivity contribution in [2.45, 2.75) is 63.3 Å². The van der Waals surface area contributed by atoms with Gasteiger partial charge in [-0.25, -0.2) is 23.5 Å². The van der Waals surface area contributed by atoms with Gasteiger partial charge in [-0.2, -0.15) is 5.10 Å². The molecule has 1 N–H and O–H groups in total. The van der Waals surface area contributed by atoms with Crippen molar-refractivity contribution in [3.05, 3.63) is 111 Å². The van der Waals surface area contributed by atoms with Crippen LogP contribution in [0.1, 0.15) is 69.1 Å².